The Morgan fingerprint density at radius 3 is 2.33 bits per heavy atom. The van der Waals surface area contributed by atoms with Gasteiger partial charge in [0.05, 0.1) is 11.5 Å². The van der Waals surface area contributed by atoms with Gasteiger partial charge in [0.1, 0.15) is 41.5 Å². The molecule has 0 bridgehead atoms. The average molecular weight is 393 g/mol. The van der Waals surface area contributed by atoms with Crippen molar-refractivity contribution in [3.63, 3.8) is 0 Å². The molecule has 0 aliphatic carbocycles. The summed E-state index contributed by atoms with van der Waals surface area (Å²) >= 11 is 0. The van der Waals surface area contributed by atoms with E-state index in [1.165, 1.54) is 0 Å². The summed E-state index contributed by atoms with van der Waals surface area (Å²) < 4.78 is 20.3. The van der Waals surface area contributed by atoms with Gasteiger partial charge in [0.25, 0.3) is 0 Å². The normalized spacial score (nSPS) is 29.4. The van der Waals surface area contributed by atoms with Crippen molar-refractivity contribution < 1.29 is 29.4 Å². The van der Waals surface area contributed by atoms with Gasteiger partial charge in [-0.15, -0.1) is 0 Å². The first-order valence-corrected chi connectivity index (χ1v) is 9.71. The van der Waals surface area contributed by atoms with Gasteiger partial charge in [-0.2, -0.15) is 0 Å². The standard InChI is InChI=1S/C19H23NO6S/c1-20-27(25)14-7-3-5-12(9-14)11-4-2-6-13(8-11)19-18(24)17(23)16(22)15(10-21)26-19/h2-9,15-24H,10H2,1H3/t15?,16-,17?,18?,19-,27?/m1/s1. The predicted octanol–water partition coefficient (Wildman–Crippen LogP) is 0.110. The van der Waals surface area contributed by atoms with Crippen molar-refractivity contribution in [3.8, 4) is 11.1 Å². The van der Waals surface area contributed by atoms with Crippen LogP contribution in [0.3, 0.4) is 0 Å². The third-order valence-corrected chi connectivity index (χ3v) is 5.73. The highest BCUT2D eigenvalue weighted by molar-refractivity contribution is 7.83. The molecule has 0 amide bonds. The minimum absolute atomic E-state index is 0.473. The maximum atomic E-state index is 12.0. The van der Waals surface area contributed by atoms with Crippen LogP contribution in [0.25, 0.3) is 11.1 Å². The van der Waals surface area contributed by atoms with E-state index in [9.17, 15) is 24.6 Å². The molecule has 0 aromatic heterocycles. The lowest BCUT2D eigenvalue weighted by Crippen LogP contribution is -2.55. The first kappa shape index (κ1) is 20.1. The van der Waals surface area contributed by atoms with E-state index >= 15 is 0 Å². The van der Waals surface area contributed by atoms with Crippen LogP contribution in [0.15, 0.2) is 53.4 Å². The summed E-state index contributed by atoms with van der Waals surface area (Å²) in [5.74, 6) is 0. The van der Waals surface area contributed by atoms with Crippen molar-refractivity contribution >= 4 is 11.0 Å². The first-order valence-electron chi connectivity index (χ1n) is 8.56. The van der Waals surface area contributed by atoms with E-state index in [1.807, 2.05) is 12.1 Å². The highest BCUT2D eigenvalue weighted by Gasteiger charge is 2.43. The van der Waals surface area contributed by atoms with E-state index in [1.54, 1.807) is 43.4 Å². The van der Waals surface area contributed by atoms with Crippen LogP contribution < -0.4 is 4.72 Å². The molecular weight excluding hydrogens is 370 g/mol. The molecule has 7 nitrogen and oxygen atoms in total. The van der Waals surface area contributed by atoms with E-state index < -0.39 is 48.1 Å². The maximum Gasteiger partial charge on any atom is 0.124 e. The Morgan fingerprint density at radius 2 is 1.67 bits per heavy atom. The molecule has 4 unspecified atom stereocenters. The number of aliphatic hydroxyl groups excluding tert-OH is 4. The van der Waals surface area contributed by atoms with E-state index in [2.05, 4.69) is 4.72 Å². The minimum Gasteiger partial charge on any atom is -0.394 e. The number of nitrogens with one attached hydrogen (secondary N) is 1. The summed E-state index contributed by atoms with van der Waals surface area (Å²) in [6.07, 6.45) is -6.00. The molecule has 1 aliphatic rings. The summed E-state index contributed by atoms with van der Waals surface area (Å²) in [4.78, 5) is 0.633. The molecule has 1 fully saturated rings. The number of hydrogen-bond acceptors (Lipinski definition) is 6. The minimum atomic E-state index is -1.43. The van der Waals surface area contributed by atoms with E-state index in [0.717, 1.165) is 11.1 Å². The summed E-state index contributed by atoms with van der Waals surface area (Å²) in [5.41, 5.74) is 2.26. The van der Waals surface area contributed by atoms with Crippen molar-refractivity contribution in [1.82, 2.24) is 4.72 Å². The lowest BCUT2D eigenvalue weighted by Gasteiger charge is -2.40. The first-order chi connectivity index (χ1) is 13.0. The van der Waals surface area contributed by atoms with Gasteiger partial charge < -0.3 is 25.2 Å². The second kappa shape index (κ2) is 8.57. The largest absolute Gasteiger partial charge is 0.394 e. The number of hydrogen-bond donors (Lipinski definition) is 5. The molecule has 1 aliphatic heterocycles. The smallest absolute Gasteiger partial charge is 0.124 e. The quantitative estimate of drug-likeness (QED) is 0.492. The second-order valence-corrected chi connectivity index (χ2v) is 7.79. The summed E-state index contributed by atoms with van der Waals surface area (Å²) in [6, 6.07) is 14.4. The van der Waals surface area contributed by atoms with Crippen molar-refractivity contribution in [1.29, 1.82) is 0 Å². The van der Waals surface area contributed by atoms with Crippen LogP contribution >= 0.6 is 0 Å². The molecule has 0 saturated carbocycles. The lowest BCUT2D eigenvalue weighted by atomic mass is 9.90. The Labute approximate surface area is 159 Å². The van der Waals surface area contributed by atoms with E-state index in [0.29, 0.717) is 10.5 Å². The Balaban J connectivity index is 1.93. The van der Waals surface area contributed by atoms with Gasteiger partial charge in [-0.3, -0.25) is 0 Å². The second-order valence-electron chi connectivity index (χ2n) is 6.38. The molecule has 1 saturated heterocycles. The molecule has 0 spiro atoms. The molecule has 1 heterocycles. The topological polar surface area (TPSA) is 119 Å². The Kier molecular flexibility index (Phi) is 6.38. The zero-order valence-electron chi connectivity index (χ0n) is 14.7. The van der Waals surface area contributed by atoms with Crippen molar-refractivity contribution in [2.45, 2.75) is 35.4 Å². The zero-order chi connectivity index (χ0) is 19.6. The molecule has 3 rings (SSSR count). The van der Waals surface area contributed by atoms with Crippen LogP contribution in [0.5, 0.6) is 0 Å². The zero-order valence-corrected chi connectivity index (χ0v) is 15.5. The maximum absolute atomic E-state index is 12.0. The molecule has 8 heteroatoms. The summed E-state index contributed by atoms with van der Waals surface area (Å²) in [5, 5.41) is 39.6. The summed E-state index contributed by atoms with van der Waals surface area (Å²) in [7, 11) is 0.306. The van der Waals surface area contributed by atoms with Crippen LogP contribution in [0.2, 0.25) is 0 Å². The van der Waals surface area contributed by atoms with Crippen molar-refractivity contribution in [2.75, 3.05) is 13.7 Å². The molecule has 5 N–H and O–H groups in total. The molecule has 27 heavy (non-hydrogen) atoms. The molecule has 6 atom stereocenters. The van der Waals surface area contributed by atoms with Gasteiger partial charge in [-0.25, -0.2) is 8.93 Å². The Bertz CT molecular complexity index is 814. The molecule has 0 radical (unpaired) electrons. The average Bonchev–Trinajstić information content (AvgIpc) is 2.72. The SMILES string of the molecule is CNS(=O)c1cccc(-c2cccc([C@H]3OC(CO)[C@@H](O)C(O)C3O)c2)c1. The third-order valence-electron chi connectivity index (χ3n) is 4.67. The van der Waals surface area contributed by atoms with Gasteiger partial charge in [0.2, 0.25) is 0 Å². The molecular formula is C19H23NO6S. The monoisotopic (exact) mass is 393 g/mol. The van der Waals surface area contributed by atoms with Crippen LogP contribution in [-0.4, -0.2) is 62.7 Å². The summed E-state index contributed by atoms with van der Waals surface area (Å²) in [6.45, 7) is -0.473. The van der Waals surface area contributed by atoms with E-state index in [-0.39, 0.29) is 0 Å². The number of benzene rings is 2. The van der Waals surface area contributed by atoms with Crippen LogP contribution in [-0.2, 0) is 15.7 Å². The predicted molar refractivity (Wildman–Crippen MR) is 100 cm³/mol. The highest BCUT2D eigenvalue weighted by atomic mass is 32.2. The van der Waals surface area contributed by atoms with Crippen LogP contribution in [0, 0.1) is 0 Å². The Morgan fingerprint density at radius 1 is 1.00 bits per heavy atom. The van der Waals surface area contributed by atoms with Gasteiger partial charge in [-0.1, -0.05) is 30.3 Å². The fraction of sp³-hybridized carbons (Fsp3) is 0.368. The van der Waals surface area contributed by atoms with Crippen molar-refractivity contribution in [3.05, 3.63) is 54.1 Å². The highest BCUT2D eigenvalue weighted by Crippen LogP contribution is 2.34. The van der Waals surface area contributed by atoms with Gasteiger partial charge >= 0.3 is 0 Å². The fourth-order valence-electron chi connectivity index (χ4n) is 3.18. The lowest BCUT2D eigenvalue weighted by molar-refractivity contribution is -0.231. The Hall–Kier alpha value is -1.65. The van der Waals surface area contributed by atoms with Crippen LogP contribution in [0.4, 0.5) is 0 Å². The van der Waals surface area contributed by atoms with E-state index in [4.69, 9.17) is 4.74 Å². The van der Waals surface area contributed by atoms with Crippen molar-refractivity contribution in [2.24, 2.45) is 0 Å². The third kappa shape index (κ3) is 4.12. The van der Waals surface area contributed by atoms with Gasteiger partial charge in [-0.05, 0) is 41.9 Å². The number of aliphatic hydroxyl groups is 4. The molecule has 146 valence electrons. The molecule has 2 aromatic rings. The number of rotatable bonds is 5. The molecule has 2 aromatic carbocycles. The van der Waals surface area contributed by atoms with Crippen LogP contribution in [0.1, 0.15) is 11.7 Å². The van der Waals surface area contributed by atoms with Gasteiger partial charge in [0.15, 0.2) is 0 Å². The fourth-order valence-corrected chi connectivity index (χ4v) is 3.85. The number of ether oxygens (including phenoxy) is 1. The van der Waals surface area contributed by atoms with Gasteiger partial charge in [0, 0.05) is 0 Å².